The van der Waals surface area contributed by atoms with E-state index in [1.165, 1.54) is 30.6 Å². The summed E-state index contributed by atoms with van der Waals surface area (Å²) in [5, 5.41) is 0.871. The molecule has 2 aliphatic rings. The Morgan fingerprint density at radius 1 is 1.32 bits per heavy atom. The first-order valence-corrected chi connectivity index (χ1v) is 10.0. The van der Waals surface area contributed by atoms with Gasteiger partial charge in [-0.05, 0) is 44.9 Å². The smallest absolute Gasteiger partial charge is 0.265 e. The van der Waals surface area contributed by atoms with Gasteiger partial charge < -0.3 is 14.5 Å². The number of piperidine rings is 1. The Hall–Kier alpha value is -2.32. The van der Waals surface area contributed by atoms with Gasteiger partial charge in [-0.3, -0.25) is 9.59 Å². The summed E-state index contributed by atoms with van der Waals surface area (Å²) in [7, 11) is 1.52. The Kier molecular flexibility index (Phi) is 4.71. The Morgan fingerprint density at radius 2 is 2.04 bits per heavy atom. The summed E-state index contributed by atoms with van der Waals surface area (Å²) in [5.41, 5.74) is 0.740. The molecule has 2 aromatic rings. The van der Waals surface area contributed by atoms with E-state index in [4.69, 9.17) is 4.74 Å². The third kappa shape index (κ3) is 2.82. The number of carbonyl (C=O) groups is 2. The molecule has 0 bridgehead atoms. The molecular weight excluding hydrogens is 381 g/mol. The number of anilines is 1. The van der Waals surface area contributed by atoms with Crippen LogP contribution in [0.4, 0.5) is 10.1 Å². The lowest BCUT2D eigenvalue weighted by molar-refractivity contribution is -0.150. The molecule has 2 fully saturated rings. The van der Waals surface area contributed by atoms with Crippen molar-refractivity contribution in [2.75, 3.05) is 25.1 Å². The number of methoxy groups -OCH3 is 1. The van der Waals surface area contributed by atoms with Crippen LogP contribution in [0.3, 0.4) is 0 Å². The minimum Gasteiger partial charge on any atom is -0.369 e. The van der Waals surface area contributed by atoms with Gasteiger partial charge in [0.1, 0.15) is 10.7 Å². The quantitative estimate of drug-likeness (QED) is 0.740. The lowest BCUT2D eigenvalue weighted by Crippen LogP contribution is -2.78. The van der Waals surface area contributed by atoms with E-state index in [-0.39, 0.29) is 17.6 Å². The molecule has 8 heteroatoms. The van der Waals surface area contributed by atoms with Crippen LogP contribution in [0.25, 0.3) is 0 Å². The molecule has 28 heavy (non-hydrogen) atoms. The van der Waals surface area contributed by atoms with Crippen LogP contribution in [0.1, 0.15) is 33.2 Å². The van der Waals surface area contributed by atoms with Crippen molar-refractivity contribution >= 4 is 28.8 Å². The molecule has 4 rings (SSSR count). The van der Waals surface area contributed by atoms with Crippen LogP contribution in [0.2, 0.25) is 0 Å². The molecular formula is C20H22FN3O3S. The summed E-state index contributed by atoms with van der Waals surface area (Å²) in [4.78, 5) is 34.0. The van der Waals surface area contributed by atoms with E-state index >= 15 is 0 Å². The lowest BCUT2D eigenvalue weighted by Gasteiger charge is -2.59. The highest BCUT2D eigenvalue weighted by atomic mass is 32.1. The fourth-order valence-corrected chi connectivity index (χ4v) is 5.28. The van der Waals surface area contributed by atoms with Crippen LogP contribution in [0.15, 0.2) is 24.3 Å². The van der Waals surface area contributed by atoms with Crippen molar-refractivity contribution in [1.29, 1.82) is 0 Å². The Labute approximate surface area is 166 Å². The monoisotopic (exact) mass is 403 g/mol. The molecule has 2 aliphatic heterocycles. The van der Waals surface area contributed by atoms with Crippen LogP contribution in [-0.2, 0) is 9.53 Å². The number of thiazole rings is 1. The van der Waals surface area contributed by atoms with Gasteiger partial charge in [0.15, 0.2) is 6.10 Å². The number of ether oxygens (including phenoxy) is 1. The molecule has 0 aliphatic carbocycles. The summed E-state index contributed by atoms with van der Waals surface area (Å²) in [6.45, 7) is 4.75. The standard InChI is InChI=1S/C20H22FN3O3S/c1-12-16(28-13(2)22-12)18(25)23-9-7-20(8-10-23)17(27-3)19(26)24(20)15-6-4-5-14(21)11-15/h4-6,11,17H,7-10H2,1-3H3. The molecule has 1 aromatic heterocycles. The number of aromatic nitrogens is 1. The number of carbonyl (C=O) groups excluding carboxylic acids is 2. The Morgan fingerprint density at radius 3 is 2.61 bits per heavy atom. The number of halogens is 1. The predicted molar refractivity (Wildman–Crippen MR) is 104 cm³/mol. The third-order valence-corrected chi connectivity index (χ3v) is 6.76. The number of amides is 2. The molecule has 148 valence electrons. The van der Waals surface area contributed by atoms with E-state index in [0.29, 0.717) is 36.5 Å². The van der Waals surface area contributed by atoms with Crippen LogP contribution in [-0.4, -0.2) is 53.5 Å². The van der Waals surface area contributed by atoms with Gasteiger partial charge >= 0.3 is 0 Å². The zero-order chi connectivity index (χ0) is 20.1. The fraction of sp³-hybridized carbons (Fsp3) is 0.450. The molecule has 1 atom stereocenters. The van der Waals surface area contributed by atoms with Crippen molar-refractivity contribution in [2.24, 2.45) is 0 Å². The third-order valence-electron chi connectivity index (χ3n) is 5.69. The number of likely N-dealkylation sites (tertiary alicyclic amines) is 1. The molecule has 0 N–H and O–H groups in total. The first-order valence-electron chi connectivity index (χ1n) is 9.23. The second kappa shape index (κ2) is 6.93. The van der Waals surface area contributed by atoms with Gasteiger partial charge in [-0.15, -0.1) is 11.3 Å². The van der Waals surface area contributed by atoms with Crippen LogP contribution < -0.4 is 4.90 Å². The predicted octanol–water partition coefficient (Wildman–Crippen LogP) is 2.94. The zero-order valence-electron chi connectivity index (χ0n) is 16.1. The number of aryl methyl sites for hydroxylation is 2. The van der Waals surface area contributed by atoms with Gasteiger partial charge in [0, 0.05) is 25.9 Å². The number of β-lactam (4-membered cyclic amide) rings is 1. The fourth-order valence-electron chi connectivity index (χ4n) is 4.39. The Balaban J connectivity index is 1.56. The number of hydrogen-bond acceptors (Lipinski definition) is 5. The highest BCUT2D eigenvalue weighted by molar-refractivity contribution is 7.13. The molecule has 0 saturated carbocycles. The van der Waals surface area contributed by atoms with Crippen LogP contribution in [0, 0.1) is 19.7 Å². The van der Waals surface area contributed by atoms with Gasteiger partial charge in [0.2, 0.25) is 0 Å². The maximum atomic E-state index is 13.7. The molecule has 3 heterocycles. The SMILES string of the molecule is COC1C(=O)N(c2cccc(F)c2)C12CCN(C(=O)c1sc(C)nc1C)CC2. The molecule has 0 radical (unpaired) electrons. The van der Waals surface area contributed by atoms with E-state index in [0.717, 1.165) is 10.7 Å². The van der Waals surface area contributed by atoms with Crippen LogP contribution in [0.5, 0.6) is 0 Å². The summed E-state index contributed by atoms with van der Waals surface area (Å²) >= 11 is 1.41. The van der Waals surface area contributed by atoms with E-state index in [1.807, 2.05) is 18.7 Å². The number of nitrogens with zero attached hydrogens (tertiary/aromatic N) is 3. The van der Waals surface area contributed by atoms with Gasteiger partial charge in [-0.1, -0.05) is 6.07 Å². The van der Waals surface area contributed by atoms with Crippen molar-refractivity contribution in [2.45, 2.75) is 38.3 Å². The Bertz CT molecular complexity index is 937. The van der Waals surface area contributed by atoms with Crippen molar-refractivity contribution in [3.05, 3.63) is 45.7 Å². The highest BCUT2D eigenvalue weighted by Crippen LogP contribution is 2.46. The lowest BCUT2D eigenvalue weighted by atomic mass is 9.72. The average Bonchev–Trinajstić information content (AvgIpc) is 3.00. The summed E-state index contributed by atoms with van der Waals surface area (Å²) < 4.78 is 19.2. The molecule has 1 spiro atoms. The first kappa shape index (κ1) is 19.0. The molecule has 1 aromatic carbocycles. The average molecular weight is 403 g/mol. The zero-order valence-corrected chi connectivity index (χ0v) is 16.9. The number of rotatable bonds is 3. The largest absolute Gasteiger partial charge is 0.369 e. The number of hydrogen-bond donors (Lipinski definition) is 0. The topological polar surface area (TPSA) is 62.7 Å². The van der Waals surface area contributed by atoms with Crippen molar-refractivity contribution in [3.63, 3.8) is 0 Å². The molecule has 1 unspecified atom stereocenters. The van der Waals surface area contributed by atoms with Crippen LogP contribution >= 0.6 is 11.3 Å². The highest BCUT2D eigenvalue weighted by Gasteiger charge is 2.62. The summed E-state index contributed by atoms with van der Waals surface area (Å²) in [6, 6.07) is 6.05. The minimum absolute atomic E-state index is 0.0186. The van der Waals surface area contributed by atoms with E-state index in [2.05, 4.69) is 4.98 Å². The normalized spacial score (nSPS) is 21.1. The van der Waals surface area contributed by atoms with Crippen molar-refractivity contribution < 1.29 is 18.7 Å². The minimum atomic E-state index is -0.569. The van der Waals surface area contributed by atoms with Gasteiger partial charge in [-0.2, -0.15) is 0 Å². The molecule has 6 nitrogen and oxygen atoms in total. The van der Waals surface area contributed by atoms with Crippen molar-refractivity contribution in [3.8, 4) is 0 Å². The maximum Gasteiger partial charge on any atom is 0.265 e. The van der Waals surface area contributed by atoms with Gasteiger partial charge in [-0.25, -0.2) is 9.37 Å². The van der Waals surface area contributed by atoms with Crippen molar-refractivity contribution in [1.82, 2.24) is 9.88 Å². The summed E-state index contributed by atoms with van der Waals surface area (Å²) in [5.74, 6) is -0.568. The van der Waals surface area contributed by atoms with Gasteiger partial charge in [0.05, 0.1) is 16.2 Å². The first-order chi connectivity index (χ1) is 13.4. The van der Waals surface area contributed by atoms with E-state index in [1.54, 1.807) is 17.0 Å². The van der Waals surface area contributed by atoms with E-state index in [9.17, 15) is 14.0 Å². The maximum absolute atomic E-state index is 13.7. The molecule has 2 saturated heterocycles. The summed E-state index contributed by atoms with van der Waals surface area (Å²) in [6.07, 6.45) is 0.590. The second-order valence-electron chi connectivity index (χ2n) is 7.31. The molecule has 2 amide bonds. The number of benzene rings is 1. The van der Waals surface area contributed by atoms with E-state index < -0.39 is 11.6 Å². The van der Waals surface area contributed by atoms with Gasteiger partial charge in [0.25, 0.3) is 11.8 Å². The second-order valence-corrected chi connectivity index (χ2v) is 8.52.